The van der Waals surface area contributed by atoms with Crippen LogP contribution in [0.25, 0.3) is 5.69 Å². The number of nitrogens with zero attached hydrogens (tertiary/aromatic N) is 4. The van der Waals surface area contributed by atoms with Crippen LogP contribution in [0.3, 0.4) is 0 Å². The molecule has 0 bridgehead atoms. The summed E-state index contributed by atoms with van der Waals surface area (Å²) in [7, 11) is 3.13. The molecule has 1 heterocycles. The van der Waals surface area contributed by atoms with Crippen LogP contribution >= 0.6 is 11.6 Å². The maximum Gasteiger partial charge on any atom is 0.315 e. The van der Waals surface area contributed by atoms with Gasteiger partial charge in [0.05, 0.1) is 26.5 Å². The van der Waals surface area contributed by atoms with Gasteiger partial charge < -0.3 is 20.1 Å². The second kappa shape index (κ2) is 9.05. The van der Waals surface area contributed by atoms with Crippen molar-refractivity contribution in [1.29, 1.82) is 0 Å². The maximum atomic E-state index is 12.1. The third kappa shape index (κ3) is 4.68. The normalized spacial score (nSPS) is 10.4. The standard InChI is InChI=1S/C18H19ClN6O3/c1-27-15-8-3-12(9-16(15)28-2)10-20-18(26)21-11-17-22-23-24-25(17)14-6-4-13(19)5-7-14/h3-9H,10-11H2,1-2H3,(H2,20,21,26). The number of hydrogen-bond acceptors (Lipinski definition) is 6. The van der Waals surface area contributed by atoms with Crippen LogP contribution in [0.1, 0.15) is 11.4 Å². The highest BCUT2D eigenvalue weighted by Crippen LogP contribution is 2.27. The van der Waals surface area contributed by atoms with Crippen molar-refractivity contribution in [3.05, 3.63) is 58.9 Å². The highest BCUT2D eigenvalue weighted by molar-refractivity contribution is 6.30. The van der Waals surface area contributed by atoms with E-state index in [1.165, 1.54) is 4.68 Å². The number of carbonyl (C=O) groups is 1. The van der Waals surface area contributed by atoms with E-state index in [0.717, 1.165) is 11.3 Å². The lowest BCUT2D eigenvalue weighted by atomic mass is 10.2. The molecule has 0 aliphatic heterocycles. The summed E-state index contributed by atoms with van der Waals surface area (Å²) < 4.78 is 12.0. The largest absolute Gasteiger partial charge is 0.493 e. The van der Waals surface area contributed by atoms with Gasteiger partial charge in [0, 0.05) is 11.6 Å². The van der Waals surface area contributed by atoms with E-state index in [1.54, 1.807) is 50.6 Å². The molecule has 9 nitrogen and oxygen atoms in total. The van der Waals surface area contributed by atoms with Crippen molar-refractivity contribution < 1.29 is 14.3 Å². The molecule has 2 amide bonds. The molecule has 0 aliphatic carbocycles. The lowest BCUT2D eigenvalue weighted by Crippen LogP contribution is -2.35. The van der Waals surface area contributed by atoms with E-state index in [1.807, 2.05) is 6.07 Å². The van der Waals surface area contributed by atoms with E-state index >= 15 is 0 Å². The number of urea groups is 1. The minimum absolute atomic E-state index is 0.160. The molecule has 0 radical (unpaired) electrons. The van der Waals surface area contributed by atoms with Gasteiger partial charge in [0.25, 0.3) is 0 Å². The van der Waals surface area contributed by atoms with Crippen LogP contribution in [0.2, 0.25) is 5.02 Å². The summed E-state index contributed by atoms with van der Waals surface area (Å²) in [5.41, 5.74) is 1.62. The number of halogens is 1. The van der Waals surface area contributed by atoms with Gasteiger partial charge in [0.2, 0.25) is 0 Å². The first kappa shape index (κ1) is 19.4. The smallest absolute Gasteiger partial charge is 0.315 e. The molecule has 0 atom stereocenters. The average molecular weight is 403 g/mol. The van der Waals surface area contributed by atoms with Gasteiger partial charge in [0.15, 0.2) is 17.3 Å². The number of aromatic nitrogens is 4. The number of hydrogen-bond donors (Lipinski definition) is 2. The van der Waals surface area contributed by atoms with Crippen molar-refractivity contribution in [2.24, 2.45) is 0 Å². The summed E-state index contributed by atoms with van der Waals surface area (Å²) in [6, 6.07) is 12.2. The van der Waals surface area contributed by atoms with Gasteiger partial charge in [-0.15, -0.1) is 5.10 Å². The predicted molar refractivity (Wildman–Crippen MR) is 103 cm³/mol. The van der Waals surface area contributed by atoms with Crippen molar-refractivity contribution in [2.75, 3.05) is 14.2 Å². The second-order valence-corrected chi connectivity index (χ2v) is 6.15. The van der Waals surface area contributed by atoms with Crippen LogP contribution in [0, 0.1) is 0 Å². The van der Waals surface area contributed by atoms with E-state index in [0.29, 0.717) is 28.9 Å². The fourth-order valence-corrected chi connectivity index (χ4v) is 2.62. The molecule has 0 saturated heterocycles. The summed E-state index contributed by atoms with van der Waals surface area (Å²) in [5.74, 6) is 1.72. The fraction of sp³-hybridized carbons (Fsp3) is 0.222. The number of tetrazole rings is 1. The van der Waals surface area contributed by atoms with Crippen molar-refractivity contribution >= 4 is 17.6 Å². The van der Waals surface area contributed by atoms with Crippen LogP contribution in [-0.2, 0) is 13.1 Å². The molecule has 0 unspecified atom stereocenters. The van der Waals surface area contributed by atoms with Gasteiger partial charge >= 0.3 is 6.03 Å². The van der Waals surface area contributed by atoms with Crippen LogP contribution in [0.5, 0.6) is 11.5 Å². The summed E-state index contributed by atoms with van der Waals surface area (Å²) in [5, 5.41) is 17.7. The Labute approximate surface area is 166 Å². The zero-order valence-electron chi connectivity index (χ0n) is 15.3. The second-order valence-electron chi connectivity index (χ2n) is 5.71. The Morgan fingerprint density at radius 2 is 1.75 bits per heavy atom. The fourth-order valence-electron chi connectivity index (χ4n) is 2.49. The molecule has 3 aromatic rings. The Morgan fingerprint density at radius 3 is 2.46 bits per heavy atom. The molecule has 10 heteroatoms. The zero-order chi connectivity index (χ0) is 19.9. The summed E-state index contributed by atoms with van der Waals surface area (Å²) >= 11 is 5.90. The van der Waals surface area contributed by atoms with E-state index in [-0.39, 0.29) is 12.6 Å². The van der Waals surface area contributed by atoms with Crippen molar-refractivity contribution in [2.45, 2.75) is 13.1 Å². The highest BCUT2D eigenvalue weighted by atomic mass is 35.5. The number of methoxy groups -OCH3 is 2. The molecule has 0 spiro atoms. The van der Waals surface area contributed by atoms with Crippen molar-refractivity contribution in [3.63, 3.8) is 0 Å². The van der Waals surface area contributed by atoms with E-state index in [4.69, 9.17) is 21.1 Å². The lowest BCUT2D eigenvalue weighted by molar-refractivity contribution is 0.239. The maximum absolute atomic E-state index is 12.1. The average Bonchev–Trinajstić information content (AvgIpc) is 3.19. The molecule has 146 valence electrons. The Bertz CT molecular complexity index is 945. The predicted octanol–water partition coefficient (Wildman–Crippen LogP) is 2.33. The van der Waals surface area contributed by atoms with Gasteiger partial charge in [-0.05, 0) is 52.4 Å². The minimum atomic E-state index is -0.347. The Balaban J connectivity index is 1.56. The Hall–Kier alpha value is -3.33. The molecular weight excluding hydrogens is 384 g/mol. The lowest BCUT2D eigenvalue weighted by Gasteiger charge is -2.11. The van der Waals surface area contributed by atoms with Crippen LogP contribution in [-0.4, -0.2) is 40.5 Å². The Kier molecular flexibility index (Phi) is 6.28. The number of nitrogens with one attached hydrogen (secondary N) is 2. The number of carbonyl (C=O) groups excluding carboxylic acids is 1. The van der Waals surface area contributed by atoms with Crippen molar-refractivity contribution in [1.82, 2.24) is 30.8 Å². The number of rotatable bonds is 7. The molecule has 0 fully saturated rings. The first-order valence-electron chi connectivity index (χ1n) is 8.36. The summed E-state index contributed by atoms with van der Waals surface area (Å²) in [6.45, 7) is 0.488. The van der Waals surface area contributed by atoms with Crippen LogP contribution in [0.4, 0.5) is 4.79 Å². The Morgan fingerprint density at radius 1 is 1.04 bits per heavy atom. The number of benzene rings is 2. The third-order valence-electron chi connectivity index (χ3n) is 3.91. The molecule has 0 saturated carbocycles. The molecular formula is C18H19ClN6O3. The van der Waals surface area contributed by atoms with Crippen molar-refractivity contribution in [3.8, 4) is 17.2 Å². The van der Waals surface area contributed by atoms with E-state index in [9.17, 15) is 4.79 Å². The summed E-state index contributed by atoms with van der Waals surface area (Å²) in [6.07, 6.45) is 0. The molecule has 1 aromatic heterocycles. The SMILES string of the molecule is COc1ccc(CNC(=O)NCc2nnnn2-c2ccc(Cl)cc2)cc1OC. The first-order valence-corrected chi connectivity index (χ1v) is 8.74. The quantitative estimate of drug-likeness (QED) is 0.628. The van der Waals surface area contributed by atoms with E-state index < -0.39 is 0 Å². The number of amides is 2. The van der Waals surface area contributed by atoms with E-state index in [2.05, 4.69) is 26.2 Å². The van der Waals surface area contributed by atoms with Gasteiger partial charge in [-0.25, -0.2) is 4.79 Å². The monoisotopic (exact) mass is 402 g/mol. The van der Waals surface area contributed by atoms with Crippen LogP contribution < -0.4 is 20.1 Å². The topological polar surface area (TPSA) is 103 Å². The van der Waals surface area contributed by atoms with Gasteiger partial charge in [-0.3, -0.25) is 0 Å². The van der Waals surface area contributed by atoms with Crippen LogP contribution in [0.15, 0.2) is 42.5 Å². The molecule has 2 aromatic carbocycles. The molecule has 3 rings (SSSR count). The number of ether oxygens (including phenoxy) is 2. The van der Waals surface area contributed by atoms with Gasteiger partial charge in [-0.1, -0.05) is 17.7 Å². The molecule has 28 heavy (non-hydrogen) atoms. The molecule has 0 aliphatic rings. The third-order valence-corrected chi connectivity index (χ3v) is 4.17. The van der Waals surface area contributed by atoms with Gasteiger partial charge in [0.1, 0.15) is 0 Å². The summed E-state index contributed by atoms with van der Waals surface area (Å²) in [4.78, 5) is 12.1. The zero-order valence-corrected chi connectivity index (χ0v) is 16.1. The first-order chi connectivity index (χ1) is 13.6. The van der Waals surface area contributed by atoms with Gasteiger partial charge in [-0.2, -0.15) is 4.68 Å². The minimum Gasteiger partial charge on any atom is -0.493 e. The molecule has 2 N–H and O–H groups in total. The highest BCUT2D eigenvalue weighted by Gasteiger charge is 2.10.